The zero-order valence-corrected chi connectivity index (χ0v) is 18.8. The Hall–Kier alpha value is -3.51. The highest BCUT2D eigenvalue weighted by molar-refractivity contribution is 7.98. The van der Waals surface area contributed by atoms with Gasteiger partial charge in [-0.3, -0.25) is 4.79 Å². The van der Waals surface area contributed by atoms with Crippen molar-refractivity contribution in [2.75, 3.05) is 13.2 Å². The lowest BCUT2D eigenvalue weighted by Crippen LogP contribution is -2.17. The van der Waals surface area contributed by atoms with Gasteiger partial charge in [0.1, 0.15) is 6.61 Å². The molecule has 0 bridgehead atoms. The highest BCUT2D eigenvalue weighted by atomic mass is 32.2. The van der Waals surface area contributed by atoms with E-state index in [0.717, 1.165) is 16.9 Å². The molecule has 5 nitrogen and oxygen atoms in total. The van der Waals surface area contributed by atoms with Crippen LogP contribution in [0.3, 0.4) is 0 Å². The zero-order chi connectivity index (χ0) is 22.6. The van der Waals surface area contributed by atoms with Crippen molar-refractivity contribution in [3.8, 4) is 11.5 Å². The Balaban J connectivity index is 1.55. The molecule has 0 fully saturated rings. The maximum absolute atomic E-state index is 12.4. The molecular weight excluding hydrogens is 420 g/mol. The third-order valence-electron chi connectivity index (χ3n) is 4.37. The highest BCUT2D eigenvalue weighted by Gasteiger charge is 2.07. The van der Waals surface area contributed by atoms with E-state index in [4.69, 9.17) is 9.47 Å². The van der Waals surface area contributed by atoms with Crippen LogP contribution in [0.25, 0.3) is 0 Å². The summed E-state index contributed by atoms with van der Waals surface area (Å²) in [6.07, 6.45) is 3.25. The predicted octanol–water partition coefficient (Wildman–Crippen LogP) is 5.71. The van der Waals surface area contributed by atoms with Crippen LogP contribution in [0, 0.1) is 0 Å². The summed E-state index contributed by atoms with van der Waals surface area (Å²) in [5.41, 5.74) is 5.06. The Labute approximate surface area is 193 Å². The Morgan fingerprint density at radius 1 is 1.03 bits per heavy atom. The van der Waals surface area contributed by atoms with Crippen LogP contribution in [-0.2, 0) is 5.75 Å². The molecule has 0 aromatic heterocycles. The average molecular weight is 447 g/mol. The molecule has 0 saturated heterocycles. The monoisotopic (exact) mass is 446 g/mol. The number of hydrogen-bond donors (Lipinski definition) is 1. The lowest BCUT2D eigenvalue weighted by atomic mass is 10.1. The van der Waals surface area contributed by atoms with Gasteiger partial charge in [0, 0.05) is 16.2 Å². The van der Waals surface area contributed by atoms with Crippen molar-refractivity contribution in [3.05, 3.63) is 102 Å². The van der Waals surface area contributed by atoms with Gasteiger partial charge in [0.2, 0.25) is 0 Å². The highest BCUT2D eigenvalue weighted by Crippen LogP contribution is 2.28. The number of hydrazone groups is 1. The van der Waals surface area contributed by atoms with E-state index < -0.39 is 0 Å². The molecule has 32 heavy (non-hydrogen) atoms. The van der Waals surface area contributed by atoms with E-state index in [1.54, 1.807) is 24.1 Å². The molecule has 0 heterocycles. The van der Waals surface area contributed by atoms with Crippen molar-refractivity contribution >= 4 is 23.9 Å². The third-order valence-corrected chi connectivity index (χ3v) is 5.45. The van der Waals surface area contributed by atoms with Gasteiger partial charge in [-0.05, 0) is 60.5 Å². The second kappa shape index (κ2) is 12.4. The van der Waals surface area contributed by atoms with Crippen molar-refractivity contribution in [3.63, 3.8) is 0 Å². The molecule has 1 N–H and O–H groups in total. The van der Waals surface area contributed by atoms with Crippen LogP contribution < -0.4 is 14.9 Å². The second-order valence-electron chi connectivity index (χ2n) is 6.74. The maximum Gasteiger partial charge on any atom is 0.271 e. The number of thioether (sulfide) groups is 1. The number of benzene rings is 3. The van der Waals surface area contributed by atoms with E-state index >= 15 is 0 Å². The fraction of sp³-hybridized carbons (Fsp3) is 0.154. The Morgan fingerprint density at radius 3 is 2.53 bits per heavy atom. The molecule has 1 amide bonds. The van der Waals surface area contributed by atoms with Gasteiger partial charge in [0.25, 0.3) is 5.91 Å². The number of nitrogens with one attached hydrogen (secondary N) is 1. The molecule has 164 valence electrons. The van der Waals surface area contributed by atoms with E-state index in [0.29, 0.717) is 30.3 Å². The van der Waals surface area contributed by atoms with Crippen LogP contribution in [-0.4, -0.2) is 25.3 Å². The molecule has 3 aromatic rings. The van der Waals surface area contributed by atoms with Gasteiger partial charge in [-0.2, -0.15) is 5.10 Å². The number of hydrogen-bond acceptors (Lipinski definition) is 5. The van der Waals surface area contributed by atoms with Gasteiger partial charge in [0.05, 0.1) is 12.8 Å². The Bertz CT molecular complexity index is 1050. The maximum atomic E-state index is 12.4. The smallest absolute Gasteiger partial charge is 0.271 e. The van der Waals surface area contributed by atoms with E-state index in [1.165, 1.54) is 4.90 Å². The Morgan fingerprint density at radius 2 is 1.81 bits per heavy atom. The van der Waals surface area contributed by atoms with Crippen LogP contribution in [0.1, 0.15) is 28.4 Å². The predicted molar refractivity (Wildman–Crippen MR) is 131 cm³/mol. The zero-order valence-electron chi connectivity index (χ0n) is 18.0. The fourth-order valence-corrected chi connectivity index (χ4v) is 3.68. The topological polar surface area (TPSA) is 59.9 Å². The summed E-state index contributed by atoms with van der Waals surface area (Å²) in [4.78, 5) is 13.6. The van der Waals surface area contributed by atoms with Gasteiger partial charge in [-0.25, -0.2) is 5.43 Å². The number of nitrogens with zero attached hydrogens (tertiary/aromatic N) is 1. The lowest BCUT2D eigenvalue weighted by Gasteiger charge is -2.11. The minimum absolute atomic E-state index is 0.264. The SMILES string of the molecule is C=CCOc1ccc(/C=N/NC(=O)c2ccc(CSc3ccccc3)cc2)cc1OCC. The first-order chi connectivity index (χ1) is 15.7. The van der Waals surface area contributed by atoms with Crippen molar-refractivity contribution in [2.45, 2.75) is 17.6 Å². The fourth-order valence-electron chi connectivity index (χ4n) is 2.81. The number of amides is 1. The number of carbonyl (C=O) groups excluding carboxylic acids is 1. The van der Waals surface area contributed by atoms with Crippen LogP contribution in [0.2, 0.25) is 0 Å². The number of rotatable bonds is 11. The van der Waals surface area contributed by atoms with Crippen LogP contribution in [0.5, 0.6) is 11.5 Å². The van der Waals surface area contributed by atoms with Gasteiger partial charge in [-0.1, -0.05) is 43.0 Å². The Kier molecular flexibility index (Phi) is 8.95. The number of ether oxygens (including phenoxy) is 2. The molecule has 0 aliphatic carbocycles. The number of carbonyl (C=O) groups is 1. The van der Waals surface area contributed by atoms with Gasteiger partial charge in [0.15, 0.2) is 11.5 Å². The molecule has 0 unspecified atom stereocenters. The first kappa shape index (κ1) is 23.2. The molecule has 0 radical (unpaired) electrons. The van der Waals surface area contributed by atoms with E-state index in [1.807, 2.05) is 67.6 Å². The third kappa shape index (κ3) is 7.03. The summed E-state index contributed by atoms with van der Waals surface area (Å²) in [7, 11) is 0. The molecule has 0 spiro atoms. The summed E-state index contributed by atoms with van der Waals surface area (Å²) in [5, 5.41) is 4.07. The quantitative estimate of drug-likeness (QED) is 0.177. The second-order valence-corrected chi connectivity index (χ2v) is 7.79. The van der Waals surface area contributed by atoms with Crippen molar-refractivity contribution in [1.29, 1.82) is 0 Å². The molecule has 3 aromatic carbocycles. The lowest BCUT2D eigenvalue weighted by molar-refractivity contribution is 0.0955. The minimum atomic E-state index is -0.264. The summed E-state index contributed by atoms with van der Waals surface area (Å²) < 4.78 is 11.2. The van der Waals surface area contributed by atoms with Crippen molar-refractivity contribution in [2.24, 2.45) is 5.10 Å². The van der Waals surface area contributed by atoms with Crippen molar-refractivity contribution < 1.29 is 14.3 Å². The molecule has 3 rings (SSSR count). The standard InChI is InChI=1S/C26H26N2O3S/c1-3-16-31-24-15-12-21(17-25(24)30-4-2)18-27-28-26(29)22-13-10-20(11-14-22)19-32-23-8-6-5-7-9-23/h3,5-15,17-18H,1,4,16,19H2,2H3,(H,28,29)/b27-18+. The molecular formula is C26H26N2O3S. The van der Waals surface area contributed by atoms with Crippen LogP contribution in [0.15, 0.2) is 95.4 Å². The van der Waals surface area contributed by atoms with Crippen LogP contribution >= 0.6 is 11.8 Å². The van der Waals surface area contributed by atoms with Crippen LogP contribution in [0.4, 0.5) is 0 Å². The minimum Gasteiger partial charge on any atom is -0.490 e. The molecule has 0 aliphatic heterocycles. The summed E-state index contributed by atoms with van der Waals surface area (Å²) in [6.45, 7) is 6.47. The summed E-state index contributed by atoms with van der Waals surface area (Å²) >= 11 is 1.76. The molecule has 0 aliphatic rings. The summed E-state index contributed by atoms with van der Waals surface area (Å²) in [6, 6.07) is 23.2. The first-order valence-corrected chi connectivity index (χ1v) is 11.3. The van der Waals surface area contributed by atoms with Crippen molar-refractivity contribution in [1.82, 2.24) is 5.43 Å². The van der Waals surface area contributed by atoms with E-state index in [2.05, 4.69) is 29.2 Å². The first-order valence-electron chi connectivity index (χ1n) is 10.3. The van der Waals surface area contributed by atoms with Gasteiger partial charge < -0.3 is 9.47 Å². The van der Waals surface area contributed by atoms with E-state index in [-0.39, 0.29) is 5.91 Å². The summed E-state index contributed by atoms with van der Waals surface area (Å²) in [5.74, 6) is 1.84. The van der Waals surface area contributed by atoms with Gasteiger partial charge >= 0.3 is 0 Å². The normalized spacial score (nSPS) is 10.7. The largest absolute Gasteiger partial charge is 0.490 e. The molecule has 0 atom stereocenters. The van der Waals surface area contributed by atoms with E-state index in [9.17, 15) is 4.79 Å². The average Bonchev–Trinajstić information content (AvgIpc) is 2.83. The molecule has 6 heteroatoms. The molecule has 0 saturated carbocycles. The van der Waals surface area contributed by atoms with Gasteiger partial charge in [-0.15, -0.1) is 11.8 Å².